The molecule has 0 radical (unpaired) electrons. The molecule has 1 aliphatic rings. The number of pyridine rings is 1. The van der Waals surface area contributed by atoms with Crippen molar-refractivity contribution in [1.29, 1.82) is 0 Å². The van der Waals surface area contributed by atoms with E-state index < -0.39 is 15.4 Å². The number of hydrogen-bond donors (Lipinski definition) is 2. The fourth-order valence-corrected chi connectivity index (χ4v) is 4.87. The van der Waals surface area contributed by atoms with E-state index in [4.69, 9.17) is 4.84 Å². The monoisotopic (exact) mass is 511 g/mol. The lowest BCUT2D eigenvalue weighted by molar-refractivity contribution is -0.110. The van der Waals surface area contributed by atoms with Crippen molar-refractivity contribution < 1.29 is 18.6 Å². The molecule has 35 heavy (non-hydrogen) atoms. The quantitative estimate of drug-likeness (QED) is 0.269. The van der Waals surface area contributed by atoms with Gasteiger partial charge in [-0.2, -0.15) is 0 Å². The summed E-state index contributed by atoms with van der Waals surface area (Å²) in [6.07, 6.45) is 8.37. The van der Waals surface area contributed by atoms with Crippen LogP contribution in [0.1, 0.15) is 40.9 Å². The van der Waals surface area contributed by atoms with E-state index in [1.807, 2.05) is 0 Å². The predicted molar refractivity (Wildman–Crippen MR) is 139 cm³/mol. The number of carbonyl (C=O) groups excluding carboxylic acids is 2. The zero-order valence-electron chi connectivity index (χ0n) is 19.1. The molecule has 1 unspecified atom stereocenters. The average Bonchev–Trinajstić information content (AvgIpc) is 3.52. The minimum atomic E-state index is -2.39. The molecule has 2 amide bonds. The van der Waals surface area contributed by atoms with Gasteiger partial charge in [0.05, 0.1) is 6.20 Å². The highest BCUT2D eigenvalue weighted by Gasteiger charge is 2.21. The van der Waals surface area contributed by atoms with Gasteiger partial charge in [-0.3, -0.25) is 19.1 Å². The summed E-state index contributed by atoms with van der Waals surface area (Å²) in [5, 5.41) is 9.78. The number of hydrogen-bond acceptors (Lipinski definition) is 8. The molecule has 182 valence electrons. The smallest absolute Gasteiger partial charge is 0.280 e. The Bertz CT molecular complexity index is 1330. The number of thiazole rings is 1. The fourth-order valence-electron chi connectivity index (χ4n) is 3.45. The highest BCUT2D eigenvalue weighted by atomic mass is 32.2. The minimum Gasteiger partial charge on any atom is -0.392 e. The number of aromatic nitrogens is 2. The van der Waals surface area contributed by atoms with Gasteiger partial charge in [-0.05, 0) is 65.3 Å². The molecule has 1 atom stereocenters. The summed E-state index contributed by atoms with van der Waals surface area (Å²) in [6.45, 7) is 0. The molecule has 0 spiro atoms. The van der Waals surface area contributed by atoms with E-state index in [1.165, 1.54) is 6.20 Å². The van der Waals surface area contributed by atoms with Gasteiger partial charge in [0.15, 0.2) is 10.8 Å². The van der Waals surface area contributed by atoms with Crippen molar-refractivity contribution in [2.24, 2.45) is 5.16 Å². The van der Waals surface area contributed by atoms with Crippen molar-refractivity contribution in [3.05, 3.63) is 65.3 Å². The molecule has 3 aromatic rings. The van der Waals surface area contributed by atoms with Crippen LogP contribution >= 0.6 is 11.3 Å². The molecule has 0 bridgehead atoms. The first-order chi connectivity index (χ1) is 16.8. The topological polar surface area (TPSA) is 123 Å². The van der Waals surface area contributed by atoms with Gasteiger partial charge in [-0.25, -0.2) is 9.97 Å². The molecular formula is C24H25N5O4S2. The van der Waals surface area contributed by atoms with Crippen molar-refractivity contribution in [3.63, 3.8) is 0 Å². The lowest BCUT2D eigenvalue weighted by Crippen LogP contribution is -2.25. The van der Waals surface area contributed by atoms with Gasteiger partial charge >= 0.3 is 0 Å². The van der Waals surface area contributed by atoms with Crippen LogP contribution in [0.3, 0.4) is 0 Å². The summed E-state index contributed by atoms with van der Waals surface area (Å²) in [5.41, 5.74) is 0.558. The van der Waals surface area contributed by atoms with Crippen LogP contribution in [-0.4, -0.2) is 49.9 Å². The normalized spacial score (nSPS) is 15.9. The van der Waals surface area contributed by atoms with Crippen molar-refractivity contribution in [2.75, 3.05) is 16.9 Å². The molecule has 0 saturated heterocycles. The Labute approximate surface area is 207 Å². The van der Waals surface area contributed by atoms with Crippen LogP contribution in [0, 0.1) is 0 Å². The molecule has 2 N–H and O–H groups in total. The van der Waals surface area contributed by atoms with Crippen LogP contribution in [0.5, 0.6) is 0 Å². The van der Waals surface area contributed by atoms with Gasteiger partial charge < -0.3 is 10.2 Å². The maximum Gasteiger partial charge on any atom is 0.280 e. The number of rotatable bonds is 8. The molecule has 1 fully saturated rings. The highest BCUT2D eigenvalue weighted by Crippen LogP contribution is 2.23. The Morgan fingerprint density at radius 1 is 1.11 bits per heavy atom. The summed E-state index contributed by atoms with van der Waals surface area (Å²) < 4.78 is 12.2. The first kappa shape index (κ1) is 24.6. The Morgan fingerprint density at radius 2 is 1.86 bits per heavy atom. The van der Waals surface area contributed by atoms with E-state index >= 15 is 0 Å². The van der Waals surface area contributed by atoms with E-state index in [0.29, 0.717) is 21.2 Å². The van der Waals surface area contributed by atoms with Crippen molar-refractivity contribution in [1.82, 2.24) is 9.97 Å². The molecule has 2 aromatic heterocycles. The third kappa shape index (κ3) is 6.52. The molecule has 11 heteroatoms. The van der Waals surface area contributed by atoms with Crippen LogP contribution in [0.4, 0.5) is 10.9 Å². The average molecular weight is 512 g/mol. The van der Waals surface area contributed by atoms with Crippen LogP contribution < -0.4 is 10.6 Å². The van der Waals surface area contributed by atoms with Gasteiger partial charge in [0.2, 0.25) is 0 Å². The van der Waals surface area contributed by atoms with Crippen LogP contribution in [0.2, 0.25) is 0 Å². The number of oxime groups is 1. The summed E-state index contributed by atoms with van der Waals surface area (Å²) in [7, 11) is -2.39. The zero-order chi connectivity index (χ0) is 24.8. The molecule has 2 heterocycles. The summed E-state index contributed by atoms with van der Waals surface area (Å²) >= 11 is 1.03. The summed E-state index contributed by atoms with van der Waals surface area (Å²) in [6, 6.07) is 11.8. The van der Waals surface area contributed by atoms with E-state index in [0.717, 1.165) is 37.0 Å². The van der Waals surface area contributed by atoms with E-state index in [9.17, 15) is 13.8 Å². The standard InChI is InChI=1S/C24H25N5O4S2/c1-35(2,32)18-12-10-16(11-13-18)21(29-33-17-7-3-4-8-17)23(31)28-24-26-15-19(34-24)22(30)27-20-9-5-6-14-25-20/h5-6,9-15,17H,1,3-4,7-8H2,2H3,(H,25,27,30)(H,26,28,31)/b29-21+. The van der Waals surface area contributed by atoms with E-state index in [-0.39, 0.29) is 22.9 Å². The number of nitrogens with one attached hydrogen (secondary N) is 2. The Kier molecular flexibility index (Phi) is 7.57. The second-order valence-electron chi connectivity index (χ2n) is 8.13. The molecule has 1 saturated carbocycles. The second-order valence-corrected chi connectivity index (χ2v) is 11.6. The number of nitrogens with zero attached hydrogens (tertiary/aromatic N) is 3. The summed E-state index contributed by atoms with van der Waals surface area (Å²) in [4.78, 5) is 40.3. The predicted octanol–water partition coefficient (Wildman–Crippen LogP) is 3.80. The van der Waals surface area contributed by atoms with Gasteiger partial charge in [0, 0.05) is 22.9 Å². The largest absolute Gasteiger partial charge is 0.392 e. The van der Waals surface area contributed by atoms with Crippen molar-refractivity contribution in [2.45, 2.75) is 36.7 Å². The lowest BCUT2D eigenvalue weighted by Gasteiger charge is -2.11. The molecule has 1 aromatic carbocycles. The maximum absolute atomic E-state index is 13.1. The van der Waals surface area contributed by atoms with Gasteiger partial charge in [0.1, 0.15) is 16.8 Å². The Hall–Kier alpha value is -3.57. The number of carbonyl (C=O) groups is 2. The second kappa shape index (κ2) is 10.8. The first-order valence-corrected chi connectivity index (χ1v) is 13.9. The minimum absolute atomic E-state index is 0.0342. The van der Waals surface area contributed by atoms with Crippen LogP contribution in [0.25, 0.3) is 0 Å². The third-order valence-corrected chi connectivity index (χ3v) is 7.47. The first-order valence-electron chi connectivity index (χ1n) is 11.0. The molecule has 0 aliphatic heterocycles. The highest BCUT2D eigenvalue weighted by molar-refractivity contribution is 7.99. The van der Waals surface area contributed by atoms with E-state index in [2.05, 4.69) is 31.6 Å². The SMILES string of the molecule is C=S(C)(=O)c1ccc(/C(=N\OC2CCCC2)C(=O)Nc2ncc(C(=O)Nc3ccccn3)s2)cc1. The number of amides is 2. The summed E-state index contributed by atoms with van der Waals surface area (Å²) in [5.74, 6) is 3.19. The Balaban J connectivity index is 1.51. The lowest BCUT2D eigenvalue weighted by atomic mass is 10.1. The number of anilines is 2. The fraction of sp³-hybridized carbons (Fsp3) is 0.250. The third-order valence-electron chi connectivity index (χ3n) is 5.29. The number of benzene rings is 1. The van der Waals surface area contributed by atoms with Crippen LogP contribution in [0.15, 0.2) is 64.9 Å². The van der Waals surface area contributed by atoms with Gasteiger partial charge in [-0.15, -0.1) is 0 Å². The van der Waals surface area contributed by atoms with E-state index in [1.54, 1.807) is 54.9 Å². The molecule has 9 nitrogen and oxygen atoms in total. The molecule has 1 aliphatic carbocycles. The van der Waals surface area contributed by atoms with Gasteiger partial charge in [0.25, 0.3) is 11.8 Å². The zero-order valence-corrected chi connectivity index (χ0v) is 20.7. The van der Waals surface area contributed by atoms with Crippen molar-refractivity contribution >= 4 is 55.2 Å². The van der Waals surface area contributed by atoms with Crippen LogP contribution in [-0.2, 0) is 19.2 Å². The van der Waals surface area contributed by atoms with Gasteiger partial charge in [-0.1, -0.05) is 34.7 Å². The molecular weight excluding hydrogens is 486 g/mol. The van der Waals surface area contributed by atoms with Crippen molar-refractivity contribution in [3.8, 4) is 0 Å². The maximum atomic E-state index is 13.1. The molecule has 4 rings (SSSR count). The Morgan fingerprint density at radius 3 is 2.51 bits per heavy atom.